The molecule has 1 aromatic rings. The normalized spacial score (nSPS) is 10.6. The van der Waals surface area contributed by atoms with Gasteiger partial charge in [0.2, 0.25) is 0 Å². The van der Waals surface area contributed by atoms with Crippen molar-refractivity contribution in [2.75, 3.05) is 5.75 Å². The fourth-order valence-corrected chi connectivity index (χ4v) is 1.81. The van der Waals surface area contributed by atoms with E-state index in [2.05, 4.69) is 29.5 Å². The lowest BCUT2D eigenvalue weighted by Crippen LogP contribution is -2.05. The Morgan fingerprint density at radius 3 is 2.94 bits per heavy atom. The molecule has 0 saturated carbocycles. The first-order valence-corrected chi connectivity index (χ1v) is 6.61. The Morgan fingerprint density at radius 1 is 1.31 bits per heavy atom. The van der Waals surface area contributed by atoms with Crippen LogP contribution in [0.2, 0.25) is 0 Å². The molecule has 0 atom stereocenters. The van der Waals surface area contributed by atoms with Crippen molar-refractivity contribution < 1.29 is 0 Å². The minimum atomic E-state index is 0.921. The van der Waals surface area contributed by atoms with Crippen molar-refractivity contribution in [1.29, 1.82) is 0 Å². The lowest BCUT2D eigenvalue weighted by Gasteiger charge is -2.05. The van der Waals surface area contributed by atoms with Gasteiger partial charge in [0.25, 0.3) is 0 Å². The van der Waals surface area contributed by atoms with E-state index in [0.29, 0.717) is 0 Å². The van der Waals surface area contributed by atoms with E-state index in [9.17, 15) is 0 Å². The van der Waals surface area contributed by atoms with Crippen molar-refractivity contribution in [1.82, 2.24) is 15.0 Å². The van der Waals surface area contributed by atoms with Crippen molar-refractivity contribution in [2.45, 2.75) is 45.1 Å². The summed E-state index contributed by atoms with van der Waals surface area (Å²) in [6.45, 7) is 4.71. The Balaban J connectivity index is 2.24. The third-order valence-corrected chi connectivity index (χ3v) is 2.88. The van der Waals surface area contributed by atoms with E-state index >= 15 is 0 Å². The molecule has 1 heterocycles. The summed E-state index contributed by atoms with van der Waals surface area (Å²) in [5.74, 6) is 0.921. The molecular weight excluding hydrogens is 218 g/mol. The number of rotatable bonds is 9. The summed E-state index contributed by atoms with van der Waals surface area (Å²) in [7, 11) is 0. The highest BCUT2D eigenvalue weighted by Crippen LogP contribution is 2.06. The van der Waals surface area contributed by atoms with Gasteiger partial charge in [0.1, 0.15) is 0 Å². The van der Waals surface area contributed by atoms with Crippen LogP contribution in [0.5, 0.6) is 0 Å². The summed E-state index contributed by atoms with van der Waals surface area (Å²) in [4.78, 5) is 0. The molecule has 1 aromatic heterocycles. The molecule has 0 saturated heterocycles. The topological polar surface area (TPSA) is 30.7 Å². The van der Waals surface area contributed by atoms with Crippen molar-refractivity contribution in [2.24, 2.45) is 0 Å². The van der Waals surface area contributed by atoms with E-state index in [1.807, 2.05) is 17.0 Å². The largest absolute Gasteiger partial charge is 0.249 e. The smallest absolute Gasteiger partial charge is 0.0725 e. The van der Waals surface area contributed by atoms with Gasteiger partial charge in [-0.1, -0.05) is 17.7 Å². The van der Waals surface area contributed by atoms with Gasteiger partial charge >= 0.3 is 0 Å². The predicted molar refractivity (Wildman–Crippen MR) is 70.9 cm³/mol. The number of allylic oxidation sites excluding steroid dienone is 1. The maximum atomic E-state index is 4.22. The molecule has 0 N–H and O–H groups in total. The SMILES string of the molecule is C=CCCCCCn1nncc1CCCS. The molecule has 3 nitrogen and oxygen atoms in total. The fourth-order valence-electron chi connectivity index (χ4n) is 1.65. The van der Waals surface area contributed by atoms with E-state index in [0.717, 1.165) is 31.6 Å². The van der Waals surface area contributed by atoms with E-state index in [1.54, 1.807) is 0 Å². The Kier molecular flexibility index (Phi) is 6.97. The van der Waals surface area contributed by atoms with Gasteiger partial charge in [-0.2, -0.15) is 12.6 Å². The molecular formula is C12H21N3S. The van der Waals surface area contributed by atoms with E-state index in [4.69, 9.17) is 0 Å². The number of thiol groups is 1. The highest BCUT2D eigenvalue weighted by molar-refractivity contribution is 7.80. The van der Waals surface area contributed by atoms with Crippen molar-refractivity contribution in [3.63, 3.8) is 0 Å². The van der Waals surface area contributed by atoms with Crippen LogP contribution in [0, 0.1) is 0 Å². The zero-order valence-electron chi connectivity index (χ0n) is 9.81. The molecule has 0 bridgehead atoms. The summed E-state index contributed by atoms with van der Waals surface area (Å²) >= 11 is 4.22. The molecule has 0 aliphatic carbocycles. The summed E-state index contributed by atoms with van der Waals surface area (Å²) in [6.07, 6.45) is 10.7. The van der Waals surface area contributed by atoms with Gasteiger partial charge in [0.15, 0.2) is 0 Å². The van der Waals surface area contributed by atoms with Crippen LogP contribution in [0.3, 0.4) is 0 Å². The maximum Gasteiger partial charge on any atom is 0.0725 e. The molecule has 0 aliphatic heterocycles. The molecule has 4 heteroatoms. The Bertz CT molecular complexity index is 296. The third kappa shape index (κ3) is 4.84. The minimum absolute atomic E-state index is 0.921. The van der Waals surface area contributed by atoms with Crippen LogP contribution in [0.15, 0.2) is 18.9 Å². The van der Waals surface area contributed by atoms with Crippen LogP contribution in [0.1, 0.15) is 37.8 Å². The van der Waals surface area contributed by atoms with E-state index < -0.39 is 0 Å². The molecule has 1 rings (SSSR count). The van der Waals surface area contributed by atoms with Crippen LogP contribution < -0.4 is 0 Å². The quantitative estimate of drug-likeness (QED) is 0.408. The molecule has 90 valence electrons. The van der Waals surface area contributed by atoms with Crippen LogP contribution in [-0.2, 0) is 13.0 Å². The average molecular weight is 239 g/mol. The van der Waals surface area contributed by atoms with Crippen molar-refractivity contribution in [3.8, 4) is 0 Å². The predicted octanol–water partition coefficient (Wildman–Crippen LogP) is 2.89. The summed E-state index contributed by atoms with van der Waals surface area (Å²) < 4.78 is 2.03. The van der Waals surface area contributed by atoms with Crippen LogP contribution in [0.25, 0.3) is 0 Å². The fraction of sp³-hybridized carbons (Fsp3) is 0.667. The van der Waals surface area contributed by atoms with Gasteiger partial charge in [-0.25, -0.2) is 4.68 Å². The number of aryl methyl sites for hydroxylation is 2. The summed E-state index contributed by atoms with van der Waals surface area (Å²) in [6, 6.07) is 0. The molecule has 0 aliphatic rings. The molecule has 0 aromatic carbocycles. The van der Waals surface area contributed by atoms with Gasteiger partial charge in [-0.05, 0) is 37.9 Å². The molecule has 0 radical (unpaired) electrons. The number of hydrogen-bond donors (Lipinski definition) is 1. The maximum absolute atomic E-state index is 4.22. The standard InChI is InChI=1S/C12H21N3S/c1-2-3-4-5-6-9-15-12(8-7-10-16)11-13-14-15/h2,11,16H,1,3-10H2. The molecule has 0 unspecified atom stereocenters. The van der Waals surface area contributed by atoms with Gasteiger partial charge in [0, 0.05) is 6.54 Å². The first-order valence-electron chi connectivity index (χ1n) is 5.97. The number of hydrogen-bond acceptors (Lipinski definition) is 3. The zero-order chi connectivity index (χ0) is 11.6. The average Bonchev–Trinajstić information content (AvgIpc) is 2.74. The van der Waals surface area contributed by atoms with Crippen molar-refractivity contribution in [3.05, 3.63) is 24.5 Å². The van der Waals surface area contributed by atoms with Gasteiger partial charge < -0.3 is 0 Å². The lowest BCUT2D eigenvalue weighted by atomic mass is 10.2. The van der Waals surface area contributed by atoms with Crippen LogP contribution in [0.4, 0.5) is 0 Å². The highest BCUT2D eigenvalue weighted by atomic mass is 32.1. The minimum Gasteiger partial charge on any atom is -0.249 e. The number of aromatic nitrogens is 3. The number of unbranched alkanes of at least 4 members (excludes halogenated alkanes) is 3. The van der Waals surface area contributed by atoms with Crippen LogP contribution in [-0.4, -0.2) is 20.7 Å². The second-order valence-corrected chi connectivity index (χ2v) is 4.36. The molecule has 16 heavy (non-hydrogen) atoms. The summed E-state index contributed by atoms with van der Waals surface area (Å²) in [5, 5.41) is 8.07. The first-order chi connectivity index (χ1) is 7.88. The second kappa shape index (κ2) is 8.39. The van der Waals surface area contributed by atoms with E-state index in [1.165, 1.54) is 25.0 Å². The van der Waals surface area contributed by atoms with E-state index in [-0.39, 0.29) is 0 Å². The van der Waals surface area contributed by atoms with Crippen LogP contribution >= 0.6 is 12.6 Å². The first kappa shape index (κ1) is 13.3. The summed E-state index contributed by atoms with van der Waals surface area (Å²) in [5.41, 5.74) is 1.23. The van der Waals surface area contributed by atoms with Gasteiger partial charge in [-0.15, -0.1) is 11.7 Å². The third-order valence-electron chi connectivity index (χ3n) is 2.57. The van der Waals surface area contributed by atoms with Gasteiger partial charge in [0.05, 0.1) is 11.9 Å². The number of nitrogens with zero attached hydrogens (tertiary/aromatic N) is 3. The molecule has 0 fully saturated rings. The highest BCUT2D eigenvalue weighted by Gasteiger charge is 2.02. The lowest BCUT2D eigenvalue weighted by molar-refractivity contribution is 0.514. The van der Waals surface area contributed by atoms with Gasteiger partial charge in [-0.3, -0.25) is 0 Å². The molecule has 0 spiro atoms. The Labute approximate surface area is 103 Å². The zero-order valence-corrected chi connectivity index (χ0v) is 10.7. The monoisotopic (exact) mass is 239 g/mol. The second-order valence-electron chi connectivity index (χ2n) is 3.91. The Hall–Kier alpha value is -0.770. The van der Waals surface area contributed by atoms with Crippen molar-refractivity contribution >= 4 is 12.6 Å². The Morgan fingerprint density at radius 2 is 2.19 bits per heavy atom. The molecule has 0 amide bonds.